The van der Waals surface area contributed by atoms with E-state index < -0.39 is 15.6 Å². The predicted molar refractivity (Wildman–Crippen MR) is 68.0 cm³/mol. The second-order valence-corrected chi connectivity index (χ2v) is 5.69. The van der Waals surface area contributed by atoms with Crippen LogP contribution in [0, 0.1) is 0 Å². The predicted octanol–water partition coefficient (Wildman–Crippen LogP) is 1.82. The normalized spacial score (nSPS) is 11.9. The van der Waals surface area contributed by atoms with E-state index in [1.54, 1.807) is 0 Å². The van der Waals surface area contributed by atoms with Crippen LogP contribution in [0.4, 0.5) is 13.2 Å². The quantitative estimate of drug-likeness (QED) is 0.452. The molecule has 0 unspecified atom stereocenters. The van der Waals surface area contributed by atoms with Gasteiger partial charge in [-0.2, -0.15) is 13.2 Å². The maximum atomic E-state index is 10.7. The van der Waals surface area contributed by atoms with Crippen LogP contribution in [0.3, 0.4) is 0 Å². The zero-order valence-corrected chi connectivity index (χ0v) is 12.8. The van der Waals surface area contributed by atoms with E-state index in [2.05, 4.69) is 31.5 Å². The van der Waals surface area contributed by atoms with Crippen LogP contribution in [-0.4, -0.2) is 28.4 Å². The maximum absolute atomic E-state index is 10.7. The Morgan fingerprint density at radius 3 is 2.19 bits per heavy atom. The first-order valence-corrected chi connectivity index (χ1v) is 7.98. The molecule has 0 saturated heterocycles. The van der Waals surface area contributed by atoms with E-state index in [0.717, 1.165) is 13.1 Å². The van der Waals surface area contributed by atoms with Gasteiger partial charge < -0.3 is 4.55 Å². The molecule has 21 heavy (non-hydrogen) atoms. The lowest BCUT2D eigenvalue weighted by Gasteiger charge is -2.08. The zero-order valence-electron chi connectivity index (χ0n) is 12.0. The second-order valence-electron chi connectivity index (χ2n) is 4.32. The van der Waals surface area contributed by atoms with Crippen LogP contribution in [0.1, 0.15) is 39.5 Å². The van der Waals surface area contributed by atoms with E-state index in [0.29, 0.717) is 0 Å². The highest BCUT2D eigenvalue weighted by Gasteiger charge is 2.36. The minimum atomic E-state index is -6.09. The number of hydrogen-bond acceptors (Lipinski definition) is 4. The van der Waals surface area contributed by atoms with E-state index in [9.17, 15) is 13.2 Å². The third kappa shape index (κ3) is 8.66. The fourth-order valence-electron chi connectivity index (χ4n) is 1.24. The molecule has 0 N–H and O–H groups in total. The fraction of sp³-hybridized carbons (Fsp3) is 0.818. The van der Waals surface area contributed by atoms with Crippen LogP contribution in [0.2, 0.25) is 0 Å². The Hall–Kier alpha value is -1.16. The maximum Gasteiger partial charge on any atom is 0.485 e. The summed E-state index contributed by atoms with van der Waals surface area (Å²) in [6, 6.07) is 0. The first-order valence-electron chi connectivity index (χ1n) is 6.57. The highest BCUT2D eigenvalue weighted by Crippen LogP contribution is 2.20. The number of nitrogens with zero attached hydrogens (tertiary/aromatic N) is 3. The monoisotopic (exact) mass is 331 g/mol. The summed E-state index contributed by atoms with van der Waals surface area (Å²) < 4.78 is 63.0. The van der Waals surface area contributed by atoms with E-state index >= 15 is 0 Å². The molecule has 1 aromatic rings. The van der Waals surface area contributed by atoms with Gasteiger partial charge in [0.25, 0.3) is 0 Å². The van der Waals surface area contributed by atoms with Gasteiger partial charge >= 0.3 is 5.51 Å². The molecule has 0 atom stereocenters. The molecule has 0 aliphatic heterocycles. The third-order valence-corrected chi connectivity index (χ3v) is 2.97. The minimum Gasteiger partial charge on any atom is -0.741 e. The molecule has 0 bridgehead atoms. The number of rotatable bonds is 6. The van der Waals surface area contributed by atoms with Crippen LogP contribution in [0.5, 0.6) is 0 Å². The Balaban J connectivity index is 0.000000433. The first kappa shape index (κ1) is 19.8. The van der Waals surface area contributed by atoms with Crippen molar-refractivity contribution in [1.29, 1.82) is 0 Å². The van der Waals surface area contributed by atoms with E-state index in [4.69, 9.17) is 13.0 Å². The molecule has 10 heteroatoms. The summed E-state index contributed by atoms with van der Waals surface area (Å²) in [5.74, 6) is 0. The molecule has 0 spiro atoms. The van der Waals surface area contributed by atoms with Gasteiger partial charge in [0, 0.05) is 0 Å². The SMILES string of the molecule is CCCCn1cc[n+](CCCC)n1.O=S(=O)([O-])C(F)(F)F. The average Bonchev–Trinajstić information content (AvgIpc) is 2.80. The number of aromatic nitrogens is 3. The molecule has 0 fully saturated rings. The lowest BCUT2D eigenvalue weighted by Crippen LogP contribution is -2.36. The molecule has 0 amide bonds. The van der Waals surface area contributed by atoms with Gasteiger partial charge in [-0.05, 0) is 12.8 Å². The third-order valence-electron chi connectivity index (χ3n) is 2.41. The molecule has 1 heterocycles. The largest absolute Gasteiger partial charge is 0.741 e. The molecular formula is C11H20F3N3O3S. The molecule has 0 saturated carbocycles. The molecule has 0 aliphatic carbocycles. The smallest absolute Gasteiger partial charge is 0.485 e. The van der Waals surface area contributed by atoms with Crippen molar-refractivity contribution < 1.29 is 30.8 Å². The minimum absolute atomic E-state index is 1.05. The molecule has 6 nitrogen and oxygen atoms in total. The van der Waals surface area contributed by atoms with Crippen molar-refractivity contribution in [1.82, 2.24) is 9.90 Å². The Morgan fingerprint density at radius 2 is 1.76 bits per heavy atom. The van der Waals surface area contributed by atoms with Crippen molar-refractivity contribution >= 4 is 10.1 Å². The Morgan fingerprint density at radius 1 is 1.24 bits per heavy atom. The molecule has 1 rings (SSSR count). The summed E-state index contributed by atoms with van der Waals surface area (Å²) >= 11 is 0. The topological polar surface area (TPSA) is 78.9 Å². The number of hydrogen-bond donors (Lipinski definition) is 0. The summed E-state index contributed by atoms with van der Waals surface area (Å²) in [4.78, 5) is 0. The number of unbranched alkanes of at least 4 members (excludes halogenated alkanes) is 2. The highest BCUT2D eigenvalue weighted by atomic mass is 32.2. The van der Waals surface area contributed by atoms with Gasteiger partial charge in [-0.3, -0.25) is 0 Å². The van der Waals surface area contributed by atoms with Gasteiger partial charge in [0.2, 0.25) is 0 Å². The molecule has 1 aromatic heterocycles. The zero-order chi connectivity index (χ0) is 16.5. The Bertz CT molecular complexity index is 478. The lowest BCUT2D eigenvalue weighted by atomic mass is 10.3. The Kier molecular flexibility index (Phi) is 8.48. The van der Waals surface area contributed by atoms with E-state index in [1.165, 1.54) is 25.7 Å². The van der Waals surface area contributed by atoms with Crippen LogP contribution < -0.4 is 4.68 Å². The number of aryl methyl sites for hydroxylation is 2. The summed E-state index contributed by atoms with van der Waals surface area (Å²) in [6.45, 7) is 6.51. The molecule has 0 aromatic carbocycles. The molecule has 0 aliphatic rings. The van der Waals surface area contributed by atoms with Gasteiger partial charge in [-0.15, -0.1) is 9.36 Å². The van der Waals surface area contributed by atoms with Gasteiger partial charge in [-0.1, -0.05) is 26.7 Å². The molecular weight excluding hydrogens is 311 g/mol. The first-order chi connectivity index (χ1) is 9.61. The number of halogens is 3. The van der Waals surface area contributed by atoms with Gasteiger partial charge in [0.1, 0.15) is 13.1 Å². The average molecular weight is 331 g/mol. The van der Waals surface area contributed by atoms with Crippen molar-refractivity contribution in [2.75, 3.05) is 0 Å². The molecule has 124 valence electrons. The summed E-state index contributed by atoms with van der Waals surface area (Å²) in [5.41, 5.74) is -5.65. The van der Waals surface area contributed by atoms with Gasteiger partial charge in [0.05, 0.1) is 5.21 Å². The van der Waals surface area contributed by atoms with Crippen LogP contribution in [0.15, 0.2) is 12.4 Å². The van der Waals surface area contributed by atoms with Crippen LogP contribution in [0.25, 0.3) is 0 Å². The highest BCUT2D eigenvalue weighted by molar-refractivity contribution is 7.86. The standard InChI is InChI=1S/C10H20N3.CHF3O3S/c1-3-5-7-12-9-10-13(11-12)8-6-4-2;2-1(3,4)8(5,6)7/h9-10H,3-8H2,1-2H3;(H,5,6,7)/q+1;/p-1. The van der Waals surface area contributed by atoms with Crippen molar-refractivity contribution in [3.63, 3.8) is 0 Å². The Labute approximate surface area is 122 Å². The second kappa shape index (κ2) is 8.98. The van der Waals surface area contributed by atoms with Gasteiger partial charge in [-0.25, -0.2) is 8.42 Å². The summed E-state index contributed by atoms with van der Waals surface area (Å²) in [5, 5.41) is 4.42. The van der Waals surface area contributed by atoms with Crippen molar-refractivity contribution in [3.8, 4) is 0 Å². The molecule has 0 radical (unpaired) electrons. The van der Waals surface area contributed by atoms with Crippen molar-refractivity contribution in [3.05, 3.63) is 12.4 Å². The van der Waals surface area contributed by atoms with Crippen molar-refractivity contribution in [2.45, 2.75) is 58.1 Å². The van der Waals surface area contributed by atoms with Crippen LogP contribution in [-0.2, 0) is 23.2 Å². The lowest BCUT2D eigenvalue weighted by molar-refractivity contribution is -0.755. The van der Waals surface area contributed by atoms with Crippen LogP contribution >= 0.6 is 0 Å². The van der Waals surface area contributed by atoms with Crippen molar-refractivity contribution in [2.24, 2.45) is 0 Å². The van der Waals surface area contributed by atoms with Gasteiger partial charge in [0.15, 0.2) is 22.5 Å². The summed E-state index contributed by atoms with van der Waals surface area (Å²) in [7, 11) is -6.09. The van der Waals surface area contributed by atoms with E-state index in [-0.39, 0.29) is 0 Å². The number of alkyl halides is 3. The fourth-order valence-corrected chi connectivity index (χ4v) is 1.24. The summed E-state index contributed by atoms with van der Waals surface area (Å²) in [6.07, 6.45) is 9.02. The van der Waals surface area contributed by atoms with E-state index in [1.807, 2.05) is 9.36 Å².